The molecule has 0 aromatic carbocycles. The van der Waals surface area contributed by atoms with Crippen molar-refractivity contribution in [1.82, 2.24) is 4.72 Å². The average molecular weight is 317 g/mol. The molecule has 0 bridgehead atoms. The lowest BCUT2D eigenvalue weighted by atomic mass is 9.79. The lowest BCUT2D eigenvalue weighted by Gasteiger charge is -2.32. The highest BCUT2D eigenvalue weighted by atomic mass is 32.2. The van der Waals surface area contributed by atoms with Crippen LogP contribution in [0.25, 0.3) is 0 Å². The molecule has 114 valence electrons. The van der Waals surface area contributed by atoms with Gasteiger partial charge in [-0.1, -0.05) is 13.8 Å². The number of aliphatic hydroxyl groups is 1. The maximum Gasteiger partial charge on any atom is 0.242 e. The molecule has 0 radical (unpaired) electrons. The minimum absolute atomic E-state index is 0.0112. The first-order valence-electron chi connectivity index (χ1n) is 7.05. The fourth-order valence-corrected chi connectivity index (χ4v) is 5.84. The van der Waals surface area contributed by atoms with E-state index >= 15 is 0 Å². The molecule has 2 N–H and O–H groups in total. The molecule has 2 rings (SSSR count). The lowest BCUT2D eigenvalue weighted by Crippen LogP contribution is -2.40. The van der Waals surface area contributed by atoms with Crippen molar-refractivity contribution in [2.75, 3.05) is 0 Å². The van der Waals surface area contributed by atoms with Crippen LogP contribution in [0.3, 0.4) is 0 Å². The Hall–Kier alpha value is -0.430. The SMILES string of the molecule is Cc1csc(CO)c1S(=O)(=O)NC1CCC(C)C(C)C1. The van der Waals surface area contributed by atoms with Crippen LogP contribution in [-0.2, 0) is 16.6 Å². The Bertz CT molecular complexity index is 565. The van der Waals surface area contributed by atoms with Crippen molar-refractivity contribution < 1.29 is 13.5 Å². The second-order valence-electron chi connectivity index (χ2n) is 5.91. The largest absolute Gasteiger partial charge is 0.391 e. The number of aryl methyl sites for hydroxylation is 1. The minimum atomic E-state index is -3.53. The highest BCUT2D eigenvalue weighted by Gasteiger charge is 2.30. The highest BCUT2D eigenvalue weighted by Crippen LogP contribution is 2.32. The van der Waals surface area contributed by atoms with Gasteiger partial charge in [0, 0.05) is 6.04 Å². The smallest absolute Gasteiger partial charge is 0.242 e. The molecule has 1 fully saturated rings. The summed E-state index contributed by atoms with van der Waals surface area (Å²) in [6.07, 6.45) is 2.84. The Morgan fingerprint density at radius 3 is 2.65 bits per heavy atom. The van der Waals surface area contributed by atoms with Crippen LogP contribution in [0.15, 0.2) is 10.3 Å². The van der Waals surface area contributed by atoms with Gasteiger partial charge in [-0.15, -0.1) is 11.3 Å². The summed E-state index contributed by atoms with van der Waals surface area (Å²) in [5, 5.41) is 11.1. The van der Waals surface area contributed by atoms with Crippen LogP contribution < -0.4 is 4.72 Å². The van der Waals surface area contributed by atoms with E-state index in [1.54, 1.807) is 12.3 Å². The molecule has 0 aliphatic heterocycles. The summed E-state index contributed by atoms with van der Waals surface area (Å²) in [4.78, 5) is 0.795. The van der Waals surface area contributed by atoms with Crippen molar-refractivity contribution in [2.45, 2.75) is 57.6 Å². The number of nitrogens with one attached hydrogen (secondary N) is 1. The second-order valence-corrected chi connectivity index (χ2v) is 8.53. The van der Waals surface area contributed by atoms with E-state index in [4.69, 9.17) is 0 Å². The first-order chi connectivity index (χ1) is 9.35. The average Bonchev–Trinajstić information content (AvgIpc) is 2.75. The van der Waals surface area contributed by atoms with E-state index in [-0.39, 0.29) is 17.5 Å². The normalized spacial score (nSPS) is 27.7. The van der Waals surface area contributed by atoms with Crippen molar-refractivity contribution in [2.24, 2.45) is 11.8 Å². The fraction of sp³-hybridized carbons (Fsp3) is 0.714. The van der Waals surface area contributed by atoms with Gasteiger partial charge in [0.2, 0.25) is 10.0 Å². The molecular weight excluding hydrogens is 294 g/mol. The van der Waals surface area contributed by atoms with Crippen molar-refractivity contribution >= 4 is 21.4 Å². The molecule has 4 nitrogen and oxygen atoms in total. The summed E-state index contributed by atoms with van der Waals surface area (Å²) in [5.41, 5.74) is 0.712. The van der Waals surface area contributed by atoms with Gasteiger partial charge in [-0.05, 0) is 49.0 Å². The first-order valence-corrected chi connectivity index (χ1v) is 9.41. The number of hydrogen-bond donors (Lipinski definition) is 2. The van der Waals surface area contributed by atoms with E-state index < -0.39 is 10.0 Å². The first kappa shape index (κ1) is 15.9. The van der Waals surface area contributed by atoms with Crippen molar-refractivity contribution in [3.63, 3.8) is 0 Å². The Morgan fingerprint density at radius 1 is 1.35 bits per heavy atom. The molecule has 1 aliphatic rings. The maximum absolute atomic E-state index is 12.5. The fourth-order valence-electron chi connectivity index (χ4n) is 2.89. The molecule has 3 unspecified atom stereocenters. The van der Waals surface area contributed by atoms with Gasteiger partial charge in [0.25, 0.3) is 0 Å². The van der Waals surface area contributed by atoms with E-state index in [0.717, 1.165) is 19.3 Å². The summed E-state index contributed by atoms with van der Waals surface area (Å²) in [7, 11) is -3.53. The topological polar surface area (TPSA) is 66.4 Å². The van der Waals surface area contributed by atoms with Crippen LogP contribution in [0.2, 0.25) is 0 Å². The van der Waals surface area contributed by atoms with Crippen LogP contribution in [0.5, 0.6) is 0 Å². The summed E-state index contributed by atoms with van der Waals surface area (Å²) < 4.78 is 27.9. The van der Waals surface area contributed by atoms with Gasteiger partial charge in [0.1, 0.15) is 4.90 Å². The number of thiophene rings is 1. The molecular formula is C14H23NO3S2. The van der Waals surface area contributed by atoms with Crippen molar-refractivity contribution in [1.29, 1.82) is 0 Å². The van der Waals surface area contributed by atoms with E-state index in [9.17, 15) is 13.5 Å². The maximum atomic E-state index is 12.5. The highest BCUT2D eigenvalue weighted by molar-refractivity contribution is 7.89. The van der Waals surface area contributed by atoms with Crippen LogP contribution in [-0.4, -0.2) is 19.6 Å². The van der Waals surface area contributed by atoms with Gasteiger partial charge in [-0.3, -0.25) is 0 Å². The third-order valence-corrected chi connectivity index (χ3v) is 7.29. The van der Waals surface area contributed by atoms with E-state index in [1.807, 2.05) is 0 Å². The molecule has 1 aromatic heterocycles. The van der Waals surface area contributed by atoms with Crippen molar-refractivity contribution in [3.8, 4) is 0 Å². The summed E-state index contributed by atoms with van der Waals surface area (Å²) in [6, 6.07) is 0.0112. The zero-order valence-electron chi connectivity index (χ0n) is 12.2. The number of rotatable bonds is 4. The Kier molecular flexibility index (Phi) is 4.89. The van der Waals surface area contributed by atoms with E-state index in [2.05, 4.69) is 18.6 Å². The van der Waals surface area contributed by atoms with Crippen LogP contribution >= 0.6 is 11.3 Å². The van der Waals surface area contributed by atoms with E-state index in [0.29, 0.717) is 22.3 Å². The zero-order valence-corrected chi connectivity index (χ0v) is 13.9. The Morgan fingerprint density at radius 2 is 2.05 bits per heavy atom. The van der Waals surface area contributed by atoms with Gasteiger partial charge >= 0.3 is 0 Å². The third-order valence-electron chi connectivity index (χ3n) is 4.32. The molecule has 0 amide bonds. The quantitative estimate of drug-likeness (QED) is 0.897. The Balaban J connectivity index is 2.17. The van der Waals surface area contributed by atoms with Crippen molar-refractivity contribution in [3.05, 3.63) is 15.8 Å². The van der Waals surface area contributed by atoms with Gasteiger partial charge in [0.15, 0.2) is 0 Å². The van der Waals surface area contributed by atoms with E-state index in [1.165, 1.54) is 11.3 Å². The Labute approximate surface area is 125 Å². The predicted octanol–water partition coefficient (Wildman–Crippen LogP) is 2.65. The summed E-state index contributed by atoms with van der Waals surface area (Å²) >= 11 is 1.30. The van der Waals surface area contributed by atoms with Crippen LogP contribution in [0, 0.1) is 18.8 Å². The van der Waals surface area contributed by atoms with Gasteiger partial charge in [-0.2, -0.15) is 0 Å². The molecule has 1 heterocycles. The standard InChI is InChI=1S/C14H23NO3S2/c1-9-4-5-12(6-10(9)2)15-20(17,18)14-11(3)8-19-13(14)7-16/h8-10,12,15-16H,4-7H2,1-3H3. The van der Waals surface area contributed by atoms with Crippen LogP contribution in [0.4, 0.5) is 0 Å². The molecule has 0 spiro atoms. The molecule has 6 heteroatoms. The van der Waals surface area contributed by atoms with Gasteiger partial charge in [-0.25, -0.2) is 13.1 Å². The number of sulfonamides is 1. The molecule has 0 saturated heterocycles. The van der Waals surface area contributed by atoms with Gasteiger partial charge in [0.05, 0.1) is 11.5 Å². The zero-order chi connectivity index (χ0) is 14.9. The second kappa shape index (κ2) is 6.13. The summed E-state index contributed by atoms with van der Waals surface area (Å²) in [5.74, 6) is 1.20. The molecule has 1 aliphatic carbocycles. The predicted molar refractivity (Wildman–Crippen MR) is 81.3 cm³/mol. The monoisotopic (exact) mass is 317 g/mol. The summed E-state index contributed by atoms with van der Waals surface area (Å²) in [6.45, 7) is 5.95. The molecule has 1 aromatic rings. The number of aliphatic hydroxyl groups excluding tert-OH is 1. The van der Waals surface area contributed by atoms with Crippen LogP contribution in [0.1, 0.15) is 43.6 Å². The lowest BCUT2D eigenvalue weighted by molar-refractivity contribution is 0.241. The molecule has 3 atom stereocenters. The third kappa shape index (κ3) is 3.24. The molecule has 1 saturated carbocycles. The molecule has 20 heavy (non-hydrogen) atoms. The van der Waals surface area contributed by atoms with Gasteiger partial charge < -0.3 is 5.11 Å². The number of hydrogen-bond acceptors (Lipinski definition) is 4. The minimum Gasteiger partial charge on any atom is -0.391 e.